The molecule has 0 aliphatic carbocycles. The summed E-state index contributed by atoms with van der Waals surface area (Å²) in [6, 6.07) is 14.1. The van der Waals surface area contributed by atoms with Crippen LogP contribution in [-0.2, 0) is 0 Å². The molecule has 0 radical (unpaired) electrons. The maximum atomic E-state index is 12.0. The van der Waals surface area contributed by atoms with Gasteiger partial charge in [-0.2, -0.15) is 0 Å². The second-order valence-electron chi connectivity index (χ2n) is 5.67. The maximum Gasteiger partial charge on any atom is 0.319 e. The van der Waals surface area contributed by atoms with Gasteiger partial charge in [0.25, 0.3) is 0 Å². The van der Waals surface area contributed by atoms with Gasteiger partial charge < -0.3 is 15.7 Å². The number of phenolic OH excluding ortho intramolecular Hbond substituents is 1. The number of anilines is 1. The van der Waals surface area contributed by atoms with Crippen molar-refractivity contribution in [2.75, 3.05) is 11.9 Å². The van der Waals surface area contributed by atoms with E-state index in [2.05, 4.69) is 16.6 Å². The van der Waals surface area contributed by atoms with Crippen molar-refractivity contribution in [3.63, 3.8) is 0 Å². The number of carbonyl (C=O) groups is 1. The summed E-state index contributed by atoms with van der Waals surface area (Å²) in [6.07, 6.45) is 11.5. The second-order valence-corrected chi connectivity index (χ2v) is 5.67. The summed E-state index contributed by atoms with van der Waals surface area (Å²) in [5.41, 5.74) is 3.51. The van der Waals surface area contributed by atoms with Crippen LogP contribution in [0, 0.1) is 12.3 Å². The lowest BCUT2D eigenvalue weighted by Crippen LogP contribution is -2.30. The normalized spacial score (nSPS) is 11.2. The van der Waals surface area contributed by atoms with Crippen LogP contribution in [0.25, 0.3) is 11.1 Å². The topological polar surface area (TPSA) is 61.4 Å². The fourth-order valence-electron chi connectivity index (χ4n) is 2.34. The number of allylic oxidation sites excluding steroid dienone is 3. The van der Waals surface area contributed by atoms with Crippen molar-refractivity contribution in [1.29, 1.82) is 0 Å². The molecule has 26 heavy (non-hydrogen) atoms. The molecule has 0 aromatic heterocycles. The molecular formula is C22H22N2O2. The van der Waals surface area contributed by atoms with Gasteiger partial charge >= 0.3 is 6.03 Å². The Balaban J connectivity index is 1.94. The van der Waals surface area contributed by atoms with E-state index in [0.29, 0.717) is 18.7 Å². The van der Waals surface area contributed by atoms with Gasteiger partial charge in [-0.1, -0.05) is 42.5 Å². The first-order chi connectivity index (χ1) is 12.6. The van der Waals surface area contributed by atoms with E-state index in [1.165, 1.54) is 0 Å². The molecule has 3 N–H and O–H groups in total. The minimum absolute atomic E-state index is 0.220. The molecule has 0 atom stereocenters. The van der Waals surface area contributed by atoms with E-state index >= 15 is 0 Å². The van der Waals surface area contributed by atoms with E-state index in [0.717, 1.165) is 16.7 Å². The Bertz CT molecular complexity index is 843. The van der Waals surface area contributed by atoms with Crippen molar-refractivity contribution in [3.8, 4) is 29.2 Å². The van der Waals surface area contributed by atoms with Gasteiger partial charge in [-0.05, 0) is 47.9 Å². The Morgan fingerprint density at radius 2 is 1.96 bits per heavy atom. The summed E-state index contributed by atoms with van der Waals surface area (Å²) < 4.78 is 0. The molecule has 0 unspecified atom stereocenters. The monoisotopic (exact) mass is 346 g/mol. The predicted octanol–water partition coefficient (Wildman–Crippen LogP) is 4.71. The molecule has 2 aromatic carbocycles. The molecule has 0 fully saturated rings. The number of aromatic hydroxyl groups is 1. The number of rotatable bonds is 6. The van der Waals surface area contributed by atoms with E-state index < -0.39 is 0 Å². The van der Waals surface area contributed by atoms with Crippen LogP contribution >= 0.6 is 0 Å². The lowest BCUT2D eigenvalue weighted by atomic mass is 10.1. The van der Waals surface area contributed by atoms with Crippen molar-refractivity contribution < 1.29 is 9.90 Å². The SMILES string of the molecule is C#CC/C(=C/C=C\C)CNC(=O)Nc1ccc(-c2cccc(O)c2)cc1. The number of amides is 2. The van der Waals surface area contributed by atoms with Gasteiger partial charge in [0.1, 0.15) is 5.75 Å². The van der Waals surface area contributed by atoms with Crippen LogP contribution in [0.5, 0.6) is 5.75 Å². The summed E-state index contributed by atoms with van der Waals surface area (Å²) in [5.74, 6) is 2.80. The van der Waals surface area contributed by atoms with Gasteiger partial charge in [0.05, 0.1) is 0 Å². The molecule has 2 rings (SSSR count). The lowest BCUT2D eigenvalue weighted by molar-refractivity contribution is 0.253. The standard InChI is InChI=1S/C22H22N2O2/c1-3-5-8-17(7-4-2)16-23-22(26)24-20-13-11-18(12-14-20)19-9-6-10-21(25)15-19/h2-3,5-6,8-15,25H,7,16H2,1H3,(H2,23,24,26)/b5-3-,17-8-. The molecule has 0 saturated carbocycles. The van der Waals surface area contributed by atoms with Crippen LogP contribution in [0.3, 0.4) is 0 Å². The van der Waals surface area contributed by atoms with Crippen molar-refractivity contribution in [2.45, 2.75) is 13.3 Å². The highest BCUT2D eigenvalue weighted by Crippen LogP contribution is 2.24. The zero-order valence-corrected chi connectivity index (χ0v) is 14.7. The summed E-state index contributed by atoms with van der Waals surface area (Å²) in [4.78, 5) is 12.0. The molecule has 0 aliphatic rings. The Morgan fingerprint density at radius 3 is 2.62 bits per heavy atom. The quantitative estimate of drug-likeness (QED) is 0.524. The van der Waals surface area contributed by atoms with Gasteiger partial charge in [-0.15, -0.1) is 12.3 Å². The average Bonchev–Trinajstić information content (AvgIpc) is 2.64. The molecular weight excluding hydrogens is 324 g/mol. The number of carbonyl (C=O) groups excluding carboxylic acids is 1. The molecule has 0 saturated heterocycles. The fourth-order valence-corrected chi connectivity index (χ4v) is 2.34. The minimum atomic E-state index is -0.293. The molecule has 2 amide bonds. The molecule has 2 aromatic rings. The highest BCUT2D eigenvalue weighted by Gasteiger charge is 2.04. The first-order valence-electron chi connectivity index (χ1n) is 8.31. The Hall–Kier alpha value is -3.45. The van der Waals surface area contributed by atoms with Crippen LogP contribution in [0.15, 0.2) is 72.3 Å². The number of nitrogens with one attached hydrogen (secondary N) is 2. The maximum absolute atomic E-state index is 12.0. The van der Waals surface area contributed by atoms with Crippen molar-refractivity contribution in [2.24, 2.45) is 0 Å². The third-order valence-electron chi connectivity index (χ3n) is 3.65. The van der Waals surface area contributed by atoms with Crippen molar-refractivity contribution in [1.82, 2.24) is 5.32 Å². The van der Waals surface area contributed by atoms with Crippen LogP contribution in [0.4, 0.5) is 10.5 Å². The molecule has 0 spiro atoms. The van der Waals surface area contributed by atoms with E-state index in [1.54, 1.807) is 18.2 Å². The molecule has 4 nitrogen and oxygen atoms in total. The highest BCUT2D eigenvalue weighted by atomic mass is 16.3. The van der Waals surface area contributed by atoms with Crippen LogP contribution in [-0.4, -0.2) is 17.7 Å². The van der Waals surface area contributed by atoms with Crippen molar-refractivity contribution >= 4 is 11.7 Å². The second kappa shape index (κ2) is 9.75. The largest absolute Gasteiger partial charge is 0.508 e. The first-order valence-corrected chi connectivity index (χ1v) is 8.31. The number of hydrogen-bond acceptors (Lipinski definition) is 2. The van der Waals surface area contributed by atoms with E-state index in [1.807, 2.05) is 55.5 Å². The summed E-state index contributed by atoms with van der Waals surface area (Å²) in [6.45, 7) is 2.31. The molecule has 0 bridgehead atoms. The average molecular weight is 346 g/mol. The van der Waals surface area contributed by atoms with Crippen LogP contribution in [0.1, 0.15) is 13.3 Å². The zero-order chi connectivity index (χ0) is 18.8. The van der Waals surface area contributed by atoms with Gasteiger partial charge in [0.15, 0.2) is 0 Å². The van der Waals surface area contributed by atoms with Gasteiger partial charge in [-0.3, -0.25) is 0 Å². The van der Waals surface area contributed by atoms with E-state index in [4.69, 9.17) is 6.42 Å². The number of phenols is 1. The van der Waals surface area contributed by atoms with Gasteiger partial charge in [0, 0.05) is 18.7 Å². The number of urea groups is 1. The Kier molecular flexibility index (Phi) is 7.08. The van der Waals surface area contributed by atoms with E-state index in [9.17, 15) is 9.90 Å². The summed E-state index contributed by atoms with van der Waals surface area (Å²) >= 11 is 0. The molecule has 0 heterocycles. The zero-order valence-electron chi connectivity index (χ0n) is 14.7. The third-order valence-corrected chi connectivity index (χ3v) is 3.65. The van der Waals surface area contributed by atoms with Gasteiger partial charge in [0.2, 0.25) is 0 Å². The predicted molar refractivity (Wildman–Crippen MR) is 107 cm³/mol. The number of terminal acetylenes is 1. The molecule has 0 aliphatic heterocycles. The third kappa shape index (κ3) is 5.88. The Labute approximate surface area is 154 Å². The van der Waals surface area contributed by atoms with Gasteiger partial charge in [-0.25, -0.2) is 4.79 Å². The fraction of sp³-hybridized carbons (Fsp3) is 0.136. The molecule has 4 heteroatoms. The molecule has 132 valence electrons. The highest BCUT2D eigenvalue weighted by molar-refractivity contribution is 5.89. The van der Waals surface area contributed by atoms with E-state index in [-0.39, 0.29) is 11.8 Å². The Morgan fingerprint density at radius 1 is 1.19 bits per heavy atom. The van der Waals surface area contributed by atoms with Crippen LogP contribution < -0.4 is 10.6 Å². The summed E-state index contributed by atoms with van der Waals surface area (Å²) in [7, 11) is 0. The minimum Gasteiger partial charge on any atom is -0.508 e. The lowest BCUT2D eigenvalue weighted by Gasteiger charge is -2.10. The smallest absolute Gasteiger partial charge is 0.319 e. The first kappa shape index (κ1) is 18.9. The van der Waals surface area contributed by atoms with Crippen molar-refractivity contribution in [3.05, 3.63) is 72.3 Å². The number of benzene rings is 2. The van der Waals surface area contributed by atoms with Crippen LogP contribution in [0.2, 0.25) is 0 Å². The summed E-state index contributed by atoms with van der Waals surface area (Å²) in [5, 5.41) is 15.1. The number of hydrogen-bond donors (Lipinski definition) is 3.